The van der Waals surface area contributed by atoms with Gasteiger partial charge >= 0.3 is 11.9 Å². The highest BCUT2D eigenvalue weighted by molar-refractivity contribution is 5.86. The number of carbonyl (C=O) groups is 2. The predicted octanol–water partition coefficient (Wildman–Crippen LogP) is 1.84. The number of rotatable bonds is 3. The van der Waals surface area contributed by atoms with Gasteiger partial charge in [0.15, 0.2) is 0 Å². The van der Waals surface area contributed by atoms with Crippen LogP contribution in [0.15, 0.2) is 36.4 Å². The molecule has 5 rings (SSSR count). The second-order valence-electron chi connectivity index (χ2n) is 7.80. The van der Waals surface area contributed by atoms with E-state index in [0.29, 0.717) is 6.61 Å². The molecule has 2 fully saturated rings. The number of carbonyl (C=O) groups excluding carboxylic acids is 2. The maximum Gasteiger partial charge on any atom is 0.313 e. The first kappa shape index (κ1) is 17.7. The summed E-state index contributed by atoms with van der Waals surface area (Å²) in [4.78, 5) is 25.3. The molecule has 7 heteroatoms. The molecule has 148 valence electrons. The second kappa shape index (κ2) is 6.32. The summed E-state index contributed by atoms with van der Waals surface area (Å²) in [7, 11) is 2.67. The number of anilines is 1. The first-order chi connectivity index (χ1) is 13.6. The Labute approximate surface area is 163 Å². The van der Waals surface area contributed by atoms with E-state index in [1.165, 1.54) is 14.2 Å². The monoisotopic (exact) mass is 385 g/mol. The topological polar surface area (TPSA) is 83.1 Å². The molecule has 0 unspecified atom stereocenters. The molecule has 1 aromatic rings. The van der Waals surface area contributed by atoms with Crippen molar-refractivity contribution in [3.63, 3.8) is 0 Å². The van der Waals surface area contributed by atoms with Gasteiger partial charge in [0.25, 0.3) is 0 Å². The van der Waals surface area contributed by atoms with Crippen LogP contribution >= 0.6 is 0 Å². The third-order valence-electron chi connectivity index (χ3n) is 6.64. The molecule has 1 aromatic carbocycles. The first-order valence-corrected chi connectivity index (χ1v) is 9.60. The summed E-state index contributed by atoms with van der Waals surface area (Å²) in [5.74, 6) is -2.30. The van der Waals surface area contributed by atoms with Crippen molar-refractivity contribution >= 4 is 17.6 Å². The lowest BCUT2D eigenvalue weighted by atomic mass is 9.66. The molecule has 0 amide bonds. The zero-order valence-electron chi connectivity index (χ0n) is 15.8. The van der Waals surface area contributed by atoms with Crippen LogP contribution in [0.5, 0.6) is 0 Å². The van der Waals surface area contributed by atoms with E-state index in [1.807, 2.05) is 30.4 Å². The highest BCUT2D eigenvalue weighted by atomic mass is 16.6. The van der Waals surface area contributed by atoms with Crippen molar-refractivity contribution in [1.29, 1.82) is 0 Å². The number of esters is 2. The van der Waals surface area contributed by atoms with E-state index >= 15 is 0 Å². The van der Waals surface area contributed by atoms with Crippen LogP contribution < -0.4 is 5.32 Å². The standard InChI is InChI=1S/C21H23NO6/c1-25-19(23)15-14-7-9-21(28-14,16(15)20(24)26-2)18-12-8-10-27-17(12)11-5-3-4-6-13(11)22-18/h3-7,9,12,14-18,22H,8,10H2,1-2H3/t12-,14-,15+,16-,17-,18-,21+/m1/s1. The van der Waals surface area contributed by atoms with Gasteiger partial charge in [-0.2, -0.15) is 0 Å². The van der Waals surface area contributed by atoms with E-state index in [2.05, 4.69) is 11.4 Å². The molecule has 1 N–H and O–H groups in total. The van der Waals surface area contributed by atoms with Crippen molar-refractivity contribution in [2.75, 3.05) is 26.1 Å². The molecule has 7 nitrogen and oxygen atoms in total. The molecule has 28 heavy (non-hydrogen) atoms. The van der Waals surface area contributed by atoms with E-state index in [-0.39, 0.29) is 18.1 Å². The number of benzene rings is 1. The van der Waals surface area contributed by atoms with E-state index in [4.69, 9.17) is 18.9 Å². The van der Waals surface area contributed by atoms with Crippen LogP contribution in [0.3, 0.4) is 0 Å². The molecule has 2 saturated heterocycles. The van der Waals surface area contributed by atoms with E-state index in [9.17, 15) is 9.59 Å². The van der Waals surface area contributed by atoms with Crippen LogP contribution in [0.2, 0.25) is 0 Å². The van der Waals surface area contributed by atoms with Gasteiger partial charge in [0, 0.05) is 23.8 Å². The maximum atomic E-state index is 12.8. The summed E-state index contributed by atoms with van der Waals surface area (Å²) >= 11 is 0. The highest BCUT2D eigenvalue weighted by Gasteiger charge is 2.68. The van der Waals surface area contributed by atoms with Crippen LogP contribution in [0.1, 0.15) is 18.1 Å². The zero-order valence-corrected chi connectivity index (χ0v) is 15.8. The third-order valence-corrected chi connectivity index (χ3v) is 6.64. The Balaban J connectivity index is 1.60. The summed E-state index contributed by atoms with van der Waals surface area (Å²) in [6.45, 7) is 0.647. The normalized spacial score (nSPS) is 39.8. The summed E-state index contributed by atoms with van der Waals surface area (Å²) in [5.41, 5.74) is 1.10. The number of hydrogen-bond donors (Lipinski definition) is 1. The smallest absolute Gasteiger partial charge is 0.313 e. The lowest BCUT2D eigenvalue weighted by Crippen LogP contribution is -2.58. The zero-order chi connectivity index (χ0) is 19.5. The van der Waals surface area contributed by atoms with Gasteiger partial charge < -0.3 is 24.3 Å². The fraction of sp³-hybridized carbons (Fsp3) is 0.524. The van der Waals surface area contributed by atoms with Crippen LogP contribution in [0.4, 0.5) is 5.69 Å². The molecule has 4 aliphatic rings. The minimum Gasteiger partial charge on any atom is -0.469 e. The fourth-order valence-electron chi connectivity index (χ4n) is 5.50. The molecule has 0 spiro atoms. The van der Waals surface area contributed by atoms with Crippen LogP contribution in [0.25, 0.3) is 0 Å². The van der Waals surface area contributed by atoms with Crippen molar-refractivity contribution < 1.29 is 28.5 Å². The molecule has 0 aromatic heterocycles. The van der Waals surface area contributed by atoms with E-state index in [0.717, 1.165) is 17.7 Å². The third kappa shape index (κ3) is 2.23. The minimum atomic E-state index is -0.985. The highest BCUT2D eigenvalue weighted by Crippen LogP contribution is 2.56. The Kier molecular flexibility index (Phi) is 4.00. The van der Waals surface area contributed by atoms with Crippen molar-refractivity contribution in [3.05, 3.63) is 42.0 Å². The number of ether oxygens (including phenoxy) is 4. The van der Waals surface area contributed by atoms with Crippen LogP contribution in [0, 0.1) is 17.8 Å². The SMILES string of the molecule is COC(=O)[C@H]1[C@H]2C=C[C@]([C@@H]3Nc4ccccc4[C@H]4OCC[C@H]43)(O2)[C@H]1C(=O)OC. The minimum absolute atomic E-state index is 0.0663. The number of methoxy groups -OCH3 is 2. The van der Waals surface area contributed by atoms with E-state index in [1.54, 1.807) is 0 Å². The van der Waals surface area contributed by atoms with Crippen molar-refractivity contribution in [3.8, 4) is 0 Å². The van der Waals surface area contributed by atoms with Gasteiger partial charge in [0.2, 0.25) is 0 Å². The lowest BCUT2D eigenvalue weighted by Gasteiger charge is -2.45. The fourth-order valence-corrected chi connectivity index (χ4v) is 5.50. The Morgan fingerprint density at radius 1 is 1.18 bits per heavy atom. The average molecular weight is 385 g/mol. The number of fused-ring (bicyclic) bond motifs is 5. The maximum absolute atomic E-state index is 12.8. The quantitative estimate of drug-likeness (QED) is 0.628. The Hall–Kier alpha value is -2.38. The Morgan fingerprint density at radius 2 is 1.96 bits per heavy atom. The predicted molar refractivity (Wildman–Crippen MR) is 98.4 cm³/mol. The molecule has 2 bridgehead atoms. The van der Waals surface area contributed by atoms with Crippen molar-refractivity contribution in [2.24, 2.45) is 17.8 Å². The van der Waals surface area contributed by atoms with Crippen molar-refractivity contribution in [2.45, 2.75) is 30.3 Å². The number of para-hydroxylation sites is 1. The Bertz CT molecular complexity index is 853. The summed E-state index contributed by atoms with van der Waals surface area (Å²) < 4.78 is 22.5. The molecular formula is C21H23NO6. The van der Waals surface area contributed by atoms with Crippen LogP contribution in [-0.4, -0.2) is 50.5 Å². The van der Waals surface area contributed by atoms with Gasteiger partial charge in [-0.25, -0.2) is 0 Å². The number of nitrogens with one attached hydrogen (secondary N) is 1. The lowest BCUT2D eigenvalue weighted by molar-refractivity contribution is -0.159. The van der Waals surface area contributed by atoms with Gasteiger partial charge in [0.05, 0.1) is 32.5 Å². The Morgan fingerprint density at radius 3 is 2.75 bits per heavy atom. The molecule has 7 atom stereocenters. The largest absolute Gasteiger partial charge is 0.469 e. The first-order valence-electron chi connectivity index (χ1n) is 9.60. The van der Waals surface area contributed by atoms with Gasteiger partial charge in [-0.1, -0.05) is 30.4 Å². The average Bonchev–Trinajstić information content (AvgIpc) is 3.45. The molecule has 0 radical (unpaired) electrons. The molecule has 4 heterocycles. The molecule has 0 aliphatic carbocycles. The summed E-state index contributed by atoms with van der Waals surface area (Å²) in [5, 5.41) is 3.60. The van der Waals surface area contributed by atoms with Gasteiger partial charge in [-0.05, 0) is 12.5 Å². The van der Waals surface area contributed by atoms with Crippen LogP contribution in [-0.2, 0) is 28.5 Å². The number of hydrogen-bond acceptors (Lipinski definition) is 7. The van der Waals surface area contributed by atoms with Gasteiger partial charge in [-0.3, -0.25) is 9.59 Å². The van der Waals surface area contributed by atoms with Gasteiger partial charge in [0.1, 0.15) is 17.4 Å². The van der Waals surface area contributed by atoms with E-state index < -0.39 is 35.5 Å². The molecule has 0 saturated carbocycles. The molecule has 4 aliphatic heterocycles. The summed E-state index contributed by atoms with van der Waals surface area (Å²) in [6, 6.07) is 7.81. The van der Waals surface area contributed by atoms with Gasteiger partial charge in [-0.15, -0.1) is 0 Å². The summed E-state index contributed by atoms with van der Waals surface area (Å²) in [6.07, 6.45) is 4.07. The molecular weight excluding hydrogens is 362 g/mol. The van der Waals surface area contributed by atoms with Crippen molar-refractivity contribution in [1.82, 2.24) is 0 Å². The second-order valence-corrected chi connectivity index (χ2v) is 7.80.